The lowest BCUT2D eigenvalue weighted by Crippen LogP contribution is -2.44. The Labute approximate surface area is 126 Å². The second kappa shape index (κ2) is 8.45. The molecule has 0 unspecified atom stereocenters. The summed E-state index contributed by atoms with van der Waals surface area (Å²) >= 11 is 0. The van der Waals surface area contributed by atoms with E-state index in [0.717, 1.165) is 37.7 Å². The fourth-order valence-electron chi connectivity index (χ4n) is 2.72. The largest absolute Gasteiger partial charge is 0.348 e. The number of carbonyl (C=O) groups is 2. The zero-order chi connectivity index (χ0) is 14.9. The van der Waals surface area contributed by atoms with Gasteiger partial charge in [-0.3, -0.25) is 9.59 Å². The van der Waals surface area contributed by atoms with Crippen LogP contribution in [-0.4, -0.2) is 24.4 Å². The minimum Gasteiger partial charge on any atom is -0.348 e. The number of carbonyl (C=O) groups excluding carboxylic acids is 2. The van der Waals surface area contributed by atoms with Gasteiger partial charge in [-0.05, 0) is 24.8 Å². The Morgan fingerprint density at radius 3 is 2.29 bits per heavy atom. The van der Waals surface area contributed by atoms with Crippen molar-refractivity contribution in [3.63, 3.8) is 0 Å². The van der Waals surface area contributed by atoms with Crippen LogP contribution >= 0.6 is 0 Å². The predicted molar refractivity (Wildman–Crippen MR) is 82.8 cm³/mol. The molecule has 1 aliphatic rings. The van der Waals surface area contributed by atoms with Crippen LogP contribution in [0.1, 0.15) is 44.1 Å². The van der Waals surface area contributed by atoms with E-state index in [9.17, 15) is 9.59 Å². The molecular formula is C17H24N2O2. The number of hydrogen-bond donors (Lipinski definition) is 2. The molecule has 0 aromatic heterocycles. The van der Waals surface area contributed by atoms with Gasteiger partial charge in [0.05, 0.1) is 0 Å². The second-order valence-electron chi connectivity index (χ2n) is 5.65. The smallest absolute Gasteiger partial charge is 0.309 e. The lowest BCUT2D eigenvalue weighted by molar-refractivity contribution is -0.139. The predicted octanol–water partition coefficient (Wildman–Crippen LogP) is 2.18. The molecule has 0 atom stereocenters. The Kier molecular flexibility index (Phi) is 6.25. The van der Waals surface area contributed by atoms with Gasteiger partial charge in [0.25, 0.3) is 0 Å². The maximum absolute atomic E-state index is 11.8. The quantitative estimate of drug-likeness (QED) is 0.659. The molecule has 2 N–H and O–H groups in total. The summed E-state index contributed by atoms with van der Waals surface area (Å²) in [5, 5.41) is 5.54. The molecule has 114 valence electrons. The van der Waals surface area contributed by atoms with Crippen LogP contribution in [0.2, 0.25) is 0 Å². The average molecular weight is 288 g/mol. The van der Waals surface area contributed by atoms with Gasteiger partial charge >= 0.3 is 11.8 Å². The van der Waals surface area contributed by atoms with E-state index in [1.807, 2.05) is 30.3 Å². The number of hydrogen-bond acceptors (Lipinski definition) is 2. The molecule has 1 aliphatic carbocycles. The zero-order valence-electron chi connectivity index (χ0n) is 12.4. The van der Waals surface area contributed by atoms with Gasteiger partial charge in [0.2, 0.25) is 0 Å². The zero-order valence-corrected chi connectivity index (χ0v) is 12.4. The van der Waals surface area contributed by atoms with Crippen molar-refractivity contribution in [2.75, 3.05) is 6.54 Å². The Balaban J connectivity index is 1.68. The topological polar surface area (TPSA) is 58.2 Å². The first-order chi connectivity index (χ1) is 10.3. The van der Waals surface area contributed by atoms with Crippen LogP contribution in [0.3, 0.4) is 0 Å². The van der Waals surface area contributed by atoms with Crippen molar-refractivity contribution in [1.82, 2.24) is 10.6 Å². The van der Waals surface area contributed by atoms with Crippen molar-refractivity contribution in [2.24, 2.45) is 0 Å². The first-order valence-corrected chi connectivity index (χ1v) is 7.88. The van der Waals surface area contributed by atoms with Crippen molar-refractivity contribution < 1.29 is 9.59 Å². The second-order valence-corrected chi connectivity index (χ2v) is 5.65. The number of rotatable bonds is 4. The molecule has 0 radical (unpaired) electrons. The van der Waals surface area contributed by atoms with Gasteiger partial charge in [0, 0.05) is 12.6 Å². The third-order valence-corrected chi connectivity index (χ3v) is 3.94. The summed E-state index contributed by atoms with van der Waals surface area (Å²) in [5.41, 5.74) is 1.15. The summed E-state index contributed by atoms with van der Waals surface area (Å²) in [6, 6.07) is 10.1. The number of benzene rings is 1. The summed E-state index contributed by atoms with van der Waals surface area (Å²) in [6.07, 6.45) is 7.46. The molecule has 0 spiro atoms. The van der Waals surface area contributed by atoms with Crippen LogP contribution in [0.25, 0.3) is 0 Å². The van der Waals surface area contributed by atoms with Crippen LogP contribution in [0, 0.1) is 0 Å². The van der Waals surface area contributed by atoms with Crippen molar-refractivity contribution >= 4 is 11.8 Å². The standard InChI is InChI=1S/C17H24N2O2/c20-16(18-13-12-14-8-4-3-5-9-14)17(21)19-15-10-6-1-2-7-11-15/h3-5,8-9,15H,1-2,6-7,10-13H2,(H,18,20)(H,19,21). The highest BCUT2D eigenvalue weighted by Crippen LogP contribution is 2.16. The average Bonchev–Trinajstić information content (AvgIpc) is 2.77. The molecular weight excluding hydrogens is 264 g/mol. The van der Waals surface area contributed by atoms with Crippen LogP contribution in [0.5, 0.6) is 0 Å². The van der Waals surface area contributed by atoms with E-state index in [-0.39, 0.29) is 6.04 Å². The minimum absolute atomic E-state index is 0.167. The minimum atomic E-state index is -0.518. The van der Waals surface area contributed by atoms with E-state index in [4.69, 9.17) is 0 Å². The van der Waals surface area contributed by atoms with E-state index in [0.29, 0.717) is 6.54 Å². The molecule has 1 fully saturated rings. The maximum Gasteiger partial charge on any atom is 0.309 e. The number of amides is 2. The van der Waals surface area contributed by atoms with Gasteiger partial charge in [0.15, 0.2) is 0 Å². The Morgan fingerprint density at radius 2 is 1.62 bits per heavy atom. The van der Waals surface area contributed by atoms with Crippen LogP contribution in [0.15, 0.2) is 30.3 Å². The van der Waals surface area contributed by atoms with E-state index in [2.05, 4.69) is 10.6 Å². The SMILES string of the molecule is O=C(NCCc1ccccc1)C(=O)NC1CCCCCC1. The third kappa shape index (κ3) is 5.58. The fraction of sp³-hybridized carbons (Fsp3) is 0.529. The summed E-state index contributed by atoms with van der Waals surface area (Å²) in [7, 11) is 0. The van der Waals surface area contributed by atoms with Gasteiger partial charge in [0.1, 0.15) is 0 Å². The Bertz CT molecular complexity index is 451. The maximum atomic E-state index is 11.8. The van der Waals surface area contributed by atoms with Crippen LogP contribution in [0.4, 0.5) is 0 Å². The van der Waals surface area contributed by atoms with Gasteiger partial charge in [-0.2, -0.15) is 0 Å². The fourth-order valence-corrected chi connectivity index (χ4v) is 2.72. The third-order valence-electron chi connectivity index (χ3n) is 3.94. The van der Waals surface area contributed by atoms with Gasteiger partial charge < -0.3 is 10.6 Å². The molecule has 0 bridgehead atoms. The van der Waals surface area contributed by atoms with Gasteiger partial charge in [-0.1, -0.05) is 56.0 Å². The van der Waals surface area contributed by atoms with E-state index in [1.54, 1.807) is 0 Å². The summed E-state index contributed by atoms with van der Waals surface area (Å²) in [6.45, 7) is 0.487. The summed E-state index contributed by atoms with van der Waals surface area (Å²) in [4.78, 5) is 23.6. The first kappa shape index (κ1) is 15.5. The lowest BCUT2D eigenvalue weighted by Gasteiger charge is -2.15. The Morgan fingerprint density at radius 1 is 0.952 bits per heavy atom. The Hall–Kier alpha value is -1.84. The molecule has 1 aromatic carbocycles. The molecule has 0 heterocycles. The molecule has 0 aliphatic heterocycles. The molecule has 0 saturated heterocycles. The van der Waals surface area contributed by atoms with E-state index >= 15 is 0 Å². The normalized spacial score (nSPS) is 16.0. The van der Waals surface area contributed by atoms with Crippen molar-refractivity contribution in [1.29, 1.82) is 0 Å². The monoisotopic (exact) mass is 288 g/mol. The van der Waals surface area contributed by atoms with E-state index in [1.165, 1.54) is 12.8 Å². The summed E-state index contributed by atoms with van der Waals surface area (Å²) in [5.74, 6) is -1.01. The molecule has 1 aromatic rings. The van der Waals surface area contributed by atoms with Crippen molar-refractivity contribution in [3.05, 3.63) is 35.9 Å². The highest BCUT2D eigenvalue weighted by atomic mass is 16.2. The molecule has 4 nitrogen and oxygen atoms in total. The molecule has 1 saturated carbocycles. The number of nitrogens with one attached hydrogen (secondary N) is 2. The van der Waals surface area contributed by atoms with E-state index < -0.39 is 11.8 Å². The lowest BCUT2D eigenvalue weighted by atomic mass is 10.1. The summed E-state index contributed by atoms with van der Waals surface area (Å²) < 4.78 is 0. The molecule has 2 amide bonds. The van der Waals surface area contributed by atoms with Crippen LogP contribution < -0.4 is 10.6 Å². The molecule has 2 rings (SSSR count). The van der Waals surface area contributed by atoms with Crippen LogP contribution in [-0.2, 0) is 16.0 Å². The molecule has 21 heavy (non-hydrogen) atoms. The first-order valence-electron chi connectivity index (χ1n) is 7.88. The molecule has 4 heteroatoms. The highest BCUT2D eigenvalue weighted by Gasteiger charge is 2.19. The van der Waals surface area contributed by atoms with Crippen molar-refractivity contribution in [3.8, 4) is 0 Å². The highest BCUT2D eigenvalue weighted by molar-refractivity contribution is 6.35. The van der Waals surface area contributed by atoms with Crippen molar-refractivity contribution in [2.45, 2.75) is 51.0 Å². The van der Waals surface area contributed by atoms with Gasteiger partial charge in [-0.25, -0.2) is 0 Å². The van der Waals surface area contributed by atoms with Gasteiger partial charge in [-0.15, -0.1) is 0 Å².